The molecule has 1 amide bonds. The second kappa shape index (κ2) is 7.08. The van der Waals surface area contributed by atoms with Gasteiger partial charge in [0.2, 0.25) is 5.91 Å². The van der Waals surface area contributed by atoms with E-state index in [4.69, 9.17) is 11.6 Å². The maximum atomic E-state index is 15.0. The highest BCUT2D eigenvalue weighted by atomic mass is 35.5. The van der Waals surface area contributed by atoms with Gasteiger partial charge in [0, 0.05) is 17.7 Å². The minimum Gasteiger partial charge on any atom is -0.480 e. The lowest BCUT2D eigenvalue weighted by Crippen LogP contribution is -2.46. The van der Waals surface area contributed by atoms with Crippen molar-refractivity contribution >= 4 is 29.1 Å². The summed E-state index contributed by atoms with van der Waals surface area (Å²) >= 11 is 5.88. The largest absolute Gasteiger partial charge is 0.480 e. The Morgan fingerprint density at radius 1 is 1.27 bits per heavy atom. The first-order valence-electron chi connectivity index (χ1n) is 8.82. The molecule has 4 rings (SSSR count). The summed E-state index contributed by atoms with van der Waals surface area (Å²) < 4.78 is 54.4. The van der Waals surface area contributed by atoms with Gasteiger partial charge in [-0.2, -0.15) is 13.2 Å². The number of halogens is 5. The molecule has 2 aromatic rings. The zero-order chi connectivity index (χ0) is 21.8. The Kier molecular flexibility index (Phi) is 4.80. The number of carbonyl (C=O) groups excluding carboxylic acids is 1. The van der Waals surface area contributed by atoms with Crippen molar-refractivity contribution in [2.75, 3.05) is 0 Å². The monoisotopic (exact) mass is 444 g/mol. The summed E-state index contributed by atoms with van der Waals surface area (Å²) in [5, 5.41) is 15.5. The van der Waals surface area contributed by atoms with E-state index in [9.17, 15) is 32.3 Å². The number of hydrogen-bond donors (Lipinski definition) is 1. The van der Waals surface area contributed by atoms with Crippen LogP contribution in [0.1, 0.15) is 30.5 Å². The van der Waals surface area contributed by atoms with Gasteiger partial charge in [0.15, 0.2) is 11.5 Å². The number of nitrogens with zero attached hydrogens (tertiary/aromatic N) is 4. The van der Waals surface area contributed by atoms with Crippen LogP contribution in [0.4, 0.5) is 17.6 Å². The van der Waals surface area contributed by atoms with Gasteiger partial charge >= 0.3 is 12.1 Å². The lowest BCUT2D eigenvalue weighted by Gasteiger charge is -2.32. The van der Waals surface area contributed by atoms with Crippen LogP contribution in [0.15, 0.2) is 24.4 Å². The van der Waals surface area contributed by atoms with Crippen molar-refractivity contribution in [3.63, 3.8) is 0 Å². The van der Waals surface area contributed by atoms with Crippen LogP contribution in [0.25, 0.3) is 11.3 Å². The highest BCUT2D eigenvalue weighted by Gasteiger charge is 2.43. The molecule has 1 aromatic heterocycles. The first kappa shape index (κ1) is 20.3. The van der Waals surface area contributed by atoms with Gasteiger partial charge in [-0.05, 0) is 37.0 Å². The number of amides is 1. The summed E-state index contributed by atoms with van der Waals surface area (Å²) in [6.07, 6.45) is -2.24. The Balaban J connectivity index is 1.80. The molecule has 12 heteroatoms. The fraction of sp³-hybridized carbons (Fsp3) is 0.333. The van der Waals surface area contributed by atoms with E-state index < -0.39 is 41.6 Å². The van der Waals surface area contributed by atoms with E-state index in [1.165, 1.54) is 11.0 Å². The lowest BCUT2D eigenvalue weighted by molar-refractivity contribution is -0.148. The van der Waals surface area contributed by atoms with Gasteiger partial charge in [-0.3, -0.25) is 4.79 Å². The van der Waals surface area contributed by atoms with Crippen molar-refractivity contribution in [2.45, 2.75) is 37.5 Å². The van der Waals surface area contributed by atoms with E-state index in [-0.39, 0.29) is 34.7 Å². The van der Waals surface area contributed by atoms with Crippen molar-refractivity contribution in [1.29, 1.82) is 0 Å². The smallest absolute Gasteiger partial charge is 0.436 e. The minimum absolute atomic E-state index is 0.0693. The van der Waals surface area contributed by atoms with Crippen LogP contribution in [-0.2, 0) is 15.8 Å². The zero-order valence-electron chi connectivity index (χ0n) is 15.0. The average Bonchev–Trinajstić information content (AvgIpc) is 3.30. The number of benzene rings is 1. The van der Waals surface area contributed by atoms with Gasteiger partial charge in [-0.25, -0.2) is 13.9 Å². The van der Waals surface area contributed by atoms with Crippen LogP contribution >= 0.6 is 11.6 Å². The molecule has 3 heterocycles. The summed E-state index contributed by atoms with van der Waals surface area (Å²) in [6.45, 7) is 0. The van der Waals surface area contributed by atoms with E-state index in [1.54, 1.807) is 0 Å². The number of aromatic nitrogens is 3. The van der Waals surface area contributed by atoms with Crippen LogP contribution in [0.2, 0.25) is 5.02 Å². The highest BCUT2D eigenvalue weighted by molar-refractivity contribution is 6.31. The molecule has 1 aromatic carbocycles. The lowest BCUT2D eigenvalue weighted by atomic mass is 9.92. The molecule has 2 aliphatic rings. The number of rotatable bonds is 3. The number of alkyl halides is 3. The Hall–Kier alpha value is -2.95. The Morgan fingerprint density at radius 2 is 2.00 bits per heavy atom. The number of aliphatic carboxylic acids is 1. The molecule has 1 fully saturated rings. The summed E-state index contributed by atoms with van der Waals surface area (Å²) in [5.74, 6) is -2.65. The standard InChI is InChI=1S/C18H13ClF4N4O3/c19-10-2-4-11(26-7-13(24-25-26)18(21,22)23)15(16(10)20)8-5-9-1-3-12(17(29)30)27(9)14(28)6-8/h2,4,6-7,9,12H,1,3,5H2,(H,29,30)/t9?,12-/m0/s1. The molecule has 158 valence electrons. The summed E-state index contributed by atoms with van der Waals surface area (Å²) in [5.41, 5.74) is -1.30. The third-order valence-corrected chi connectivity index (χ3v) is 5.51. The van der Waals surface area contributed by atoms with E-state index in [1.807, 2.05) is 0 Å². The molecule has 30 heavy (non-hydrogen) atoms. The van der Waals surface area contributed by atoms with Crippen molar-refractivity contribution in [1.82, 2.24) is 19.9 Å². The van der Waals surface area contributed by atoms with Crippen LogP contribution in [0.5, 0.6) is 0 Å². The molecule has 1 saturated heterocycles. The molecule has 7 nitrogen and oxygen atoms in total. The second-order valence-electron chi connectivity index (χ2n) is 7.01. The highest BCUT2D eigenvalue weighted by Crippen LogP contribution is 2.40. The average molecular weight is 445 g/mol. The normalized spacial score (nSPS) is 21.6. The fourth-order valence-corrected chi connectivity index (χ4v) is 4.08. The molecule has 2 atom stereocenters. The third-order valence-electron chi connectivity index (χ3n) is 5.22. The number of carbonyl (C=O) groups is 2. The molecule has 0 radical (unpaired) electrons. The third kappa shape index (κ3) is 3.32. The number of fused-ring (bicyclic) bond motifs is 1. The van der Waals surface area contributed by atoms with Crippen molar-refractivity contribution < 1.29 is 32.3 Å². The number of carboxylic acids is 1. The van der Waals surface area contributed by atoms with Crippen LogP contribution in [0, 0.1) is 5.82 Å². The quantitative estimate of drug-likeness (QED) is 0.734. The second-order valence-corrected chi connectivity index (χ2v) is 7.41. The molecule has 1 unspecified atom stereocenters. The molecule has 0 saturated carbocycles. The molecular weight excluding hydrogens is 432 g/mol. The first-order chi connectivity index (χ1) is 14.1. The van der Waals surface area contributed by atoms with E-state index in [2.05, 4.69) is 10.3 Å². The molecule has 1 N–H and O–H groups in total. The van der Waals surface area contributed by atoms with Gasteiger partial charge in [0.25, 0.3) is 0 Å². The topological polar surface area (TPSA) is 88.3 Å². The van der Waals surface area contributed by atoms with Crippen LogP contribution in [-0.4, -0.2) is 49.0 Å². The van der Waals surface area contributed by atoms with Crippen molar-refractivity contribution in [2.24, 2.45) is 0 Å². The van der Waals surface area contributed by atoms with Gasteiger partial charge in [0.1, 0.15) is 6.04 Å². The Labute approximate surface area is 171 Å². The predicted octanol–water partition coefficient (Wildman–Crippen LogP) is 3.31. The zero-order valence-corrected chi connectivity index (χ0v) is 15.8. The first-order valence-corrected chi connectivity index (χ1v) is 9.19. The molecule has 2 aliphatic heterocycles. The molecular formula is C18H13ClF4N4O3. The molecule has 0 spiro atoms. The van der Waals surface area contributed by atoms with Crippen molar-refractivity contribution in [3.8, 4) is 5.69 Å². The fourth-order valence-electron chi connectivity index (χ4n) is 3.92. The van der Waals surface area contributed by atoms with Gasteiger partial charge in [-0.1, -0.05) is 16.8 Å². The van der Waals surface area contributed by atoms with E-state index >= 15 is 0 Å². The van der Waals surface area contributed by atoms with Gasteiger partial charge in [0.05, 0.1) is 16.9 Å². The number of hydrogen-bond acceptors (Lipinski definition) is 4. The minimum atomic E-state index is -4.74. The Morgan fingerprint density at radius 3 is 2.63 bits per heavy atom. The van der Waals surface area contributed by atoms with Crippen molar-refractivity contribution in [3.05, 3.63) is 46.5 Å². The predicted molar refractivity (Wildman–Crippen MR) is 95.2 cm³/mol. The van der Waals surface area contributed by atoms with E-state index in [0.717, 1.165) is 16.8 Å². The van der Waals surface area contributed by atoms with Crippen LogP contribution in [0.3, 0.4) is 0 Å². The van der Waals surface area contributed by atoms with Crippen LogP contribution < -0.4 is 0 Å². The SMILES string of the molecule is O=C(O)[C@@H]1CCC2CC(c3c(-n4cc(C(F)(F)F)nn4)ccc(Cl)c3F)=CC(=O)N21. The van der Waals surface area contributed by atoms with Gasteiger partial charge in [-0.15, -0.1) is 5.10 Å². The van der Waals surface area contributed by atoms with E-state index in [0.29, 0.717) is 12.6 Å². The summed E-state index contributed by atoms with van der Waals surface area (Å²) in [4.78, 5) is 25.2. The summed E-state index contributed by atoms with van der Waals surface area (Å²) in [7, 11) is 0. The summed E-state index contributed by atoms with van der Waals surface area (Å²) in [6, 6.07) is 1.01. The Bertz CT molecular complexity index is 1080. The number of carboxylic acid groups (broad SMARTS) is 1. The maximum absolute atomic E-state index is 15.0. The molecule has 0 aliphatic carbocycles. The maximum Gasteiger partial charge on any atom is 0.436 e. The van der Waals surface area contributed by atoms with Gasteiger partial charge < -0.3 is 10.0 Å². The molecule has 0 bridgehead atoms.